The normalized spacial score (nSPS) is 23.6. The molecule has 0 aliphatic carbocycles. The van der Waals surface area contributed by atoms with Crippen molar-refractivity contribution in [2.24, 2.45) is 5.92 Å². The fourth-order valence-corrected chi connectivity index (χ4v) is 1.93. The fourth-order valence-electron chi connectivity index (χ4n) is 1.93. The summed E-state index contributed by atoms with van der Waals surface area (Å²) in [6, 6.07) is -0.0824. The van der Waals surface area contributed by atoms with E-state index in [1.165, 1.54) is 0 Å². The number of rotatable bonds is 7. The highest BCUT2D eigenvalue weighted by molar-refractivity contribution is 5.68. The number of hydrogen-bond acceptors (Lipinski definition) is 5. The zero-order valence-corrected chi connectivity index (χ0v) is 13.3. The van der Waals surface area contributed by atoms with Crippen LogP contribution < -0.4 is 5.32 Å². The molecular formula is C14H27NO5. The van der Waals surface area contributed by atoms with E-state index in [2.05, 4.69) is 5.32 Å². The molecule has 118 valence electrons. The Morgan fingerprint density at radius 1 is 1.35 bits per heavy atom. The number of alkyl carbamates (subject to hydrolysis) is 1. The molecule has 1 N–H and O–H groups in total. The number of methoxy groups -OCH3 is 1. The first kappa shape index (κ1) is 17.2. The van der Waals surface area contributed by atoms with Crippen LogP contribution in [-0.4, -0.2) is 50.5 Å². The number of nitrogens with one attached hydrogen (secondary N) is 1. The maximum atomic E-state index is 11.8. The zero-order valence-electron chi connectivity index (χ0n) is 13.3. The van der Waals surface area contributed by atoms with Crippen LogP contribution in [0.4, 0.5) is 4.79 Å². The Morgan fingerprint density at radius 2 is 2.00 bits per heavy atom. The first-order chi connectivity index (χ1) is 9.24. The summed E-state index contributed by atoms with van der Waals surface area (Å²) in [5.41, 5.74) is -0.503. The molecule has 3 atom stereocenters. The molecule has 0 unspecified atom stereocenters. The Labute approximate surface area is 121 Å². The molecule has 0 aromatic rings. The van der Waals surface area contributed by atoms with E-state index in [-0.39, 0.29) is 31.0 Å². The molecule has 1 saturated heterocycles. The van der Waals surface area contributed by atoms with Gasteiger partial charge in [-0.1, -0.05) is 13.8 Å². The summed E-state index contributed by atoms with van der Waals surface area (Å²) in [5.74, 6) is 0.250. The third-order valence-electron chi connectivity index (χ3n) is 2.86. The lowest BCUT2D eigenvalue weighted by Gasteiger charge is -2.25. The Bertz CT molecular complexity index is 313. The van der Waals surface area contributed by atoms with E-state index >= 15 is 0 Å². The molecule has 1 amide bonds. The van der Waals surface area contributed by atoms with Gasteiger partial charge in [0.05, 0.1) is 12.6 Å². The van der Waals surface area contributed by atoms with Crippen LogP contribution in [0.2, 0.25) is 0 Å². The number of hydrogen-bond donors (Lipinski definition) is 1. The van der Waals surface area contributed by atoms with Crippen LogP contribution in [0.15, 0.2) is 0 Å². The molecule has 0 saturated carbocycles. The average Bonchev–Trinajstić information content (AvgIpc) is 3.03. The van der Waals surface area contributed by atoms with Gasteiger partial charge in [-0.25, -0.2) is 4.79 Å². The lowest BCUT2D eigenvalue weighted by molar-refractivity contribution is -0.0352. The van der Waals surface area contributed by atoms with Gasteiger partial charge in [0.15, 0.2) is 0 Å². The zero-order chi connectivity index (χ0) is 15.3. The lowest BCUT2D eigenvalue weighted by atomic mass is 9.99. The van der Waals surface area contributed by atoms with Gasteiger partial charge in [-0.15, -0.1) is 0 Å². The molecule has 0 spiro atoms. The molecule has 6 heteroatoms. The van der Waals surface area contributed by atoms with Crippen molar-refractivity contribution in [1.29, 1.82) is 0 Å². The van der Waals surface area contributed by atoms with Gasteiger partial charge in [-0.05, 0) is 26.7 Å². The van der Waals surface area contributed by atoms with Crippen molar-refractivity contribution in [2.75, 3.05) is 20.5 Å². The molecule has 0 aromatic carbocycles. The standard InChI is InChI=1S/C14H27NO5/c1-9(2)11(15-13(16)20-14(3,4)5)12-10(19-12)7-18-8-17-6/h9-12H,7-8H2,1-6H3,(H,15,16)/t10-,11+,12-/m1/s1. The highest BCUT2D eigenvalue weighted by Gasteiger charge is 2.47. The highest BCUT2D eigenvalue weighted by atomic mass is 16.7. The summed E-state index contributed by atoms with van der Waals surface area (Å²) in [4.78, 5) is 11.8. The second kappa shape index (κ2) is 7.24. The predicted octanol–water partition coefficient (Wildman–Crippen LogP) is 1.92. The minimum Gasteiger partial charge on any atom is -0.444 e. The van der Waals surface area contributed by atoms with Crippen LogP contribution >= 0.6 is 0 Å². The second-order valence-electron chi connectivity index (χ2n) is 6.33. The van der Waals surface area contributed by atoms with Gasteiger partial charge in [0, 0.05) is 7.11 Å². The number of epoxide rings is 1. The van der Waals surface area contributed by atoms with Crippen molar-refractivity contribution in [3.8, 4) is 0 Å². The molecule has 0 radical (unpaired) electrons. The quantitative estimate of drug-likeness (QED) is 0.440. The second-order valence-corrected chi connectivity index (χ2v) is 6.33. The van der Waals surface area contributed by atoms with Crippen molar-refractivity contribution >= 4 is 6.09 Å². The van der Waals surface area contributed by atoms with Gasteiger partial charge in [-0.2, -0.15) is 0 Å². The maximum Gasteiger partial charge on any atom is 0.407 e. The van der Waals surface area contributed by atoms with E-state index in [9.17, 15) is 4.79 Å². The van der Waals surface area contributed by atoms with Gasteiger partial charge in [0.25, 0.3) is 0 Å². The van der Waals surface area contributed by atoms with Gasteiger partial charge in [-0.3, -0.25) is 0 Å². The molecule has 1 fully saturated rings. The maximum absolute atomic E-state index is 11.8. The average molecular weight is 289 g/mol. The topological polar surface area (TPSA) is 69.3 Å². The van der Waals surface area contributed by atoms with Crippen molar-refractivity contribution in [3.63, 3.8) is 0 Å². The third kappa shape index (κ3) is 6.07. The predicted molar refractivity (Wildman–Crippen MR) is 74.5 cm³/mol. The van der Waals surface area contributed by atoms with Gasteiger partial charge in [0.1, 0.15) is 24.6 Å². The van der Waals surface area contributed by atoms with Crippen LogP contribution in [-0.2, 0) is 18.9 Å². The molecule has 0 bridgehead atoms. The molecule has 1 heterocycles. The summed E-state index contributed by atoms with van der Waals surface area (Å²) in [6.07, 6.45) is -0.435. The van der Waals surface area contributed by atoms with Gasteiger partial charge >= 0.3 is 6.09 Å². The molecular weight excluding hydrogens is 262 g/mol. The summed E-state index contributed by atoms with van der Waals surface area (Å²) in [5, 5.41) is 2.88. The Kier molecular flexibility index (Phi) is 6.23. The van der Waals surface area contributed by atoms with E-state index in [1.807, 2.05) is 34.6 Å². The Morgan fingerprint density at radius 3 is 2.50 bits per heavy atom. The molecule has 1 rings (SSSR count). The minimum atomic E-state index is -0.503. The van der Waals surface area contributed by atoms with Crippen molar-refractivity contribution in [2.45, 2.75) is 58.5 Å². The van der Waals surface area contributed by atoms with Gasteiger partial charge in [0.2, 0.25) is 0 Å². The largest absolute Gasteiger partial charge is 0.444 e. The molecule has 0 aromatic heterocycles. The Balaban J connectivity index is 2.41. The lowest BCUT2D eigenvalue weighted by Crippen LogP contribution is -2.45. The number of ether oxygens (including phenoxy) is 4. The summed E-state index contributed by atoms with van der Waals surface area (Å²) in [6.45, 7) is 10.3. The third-order valence-corrected chi connectivity index (χ3v) is 2.86. The van der Waals surface area contributed by atoms with Crippen LogP contribution in [0.1, 0.15) is 34.6 Å². The first-order valence-electron chi connectivity index (χ1n) is 6.96. The minimum absolute atomic E-state index is 0.00693. The van der Waals surface area contributed by atoms with E-state index in [0.717, 1.165) is 0 Å². The molecule has 1 aliphatic rings. The van der Waals surface area contributed by atoms with E-state index < -0.39 is 11.7 Å². The summed E-state index contributed by atoms with van der Waals surface area (Å²) < 4.78 is 20.9. The van der Waals surface area contributed by atoms with Crippen LogP contribution in [0.3, 0.4) is 0 Å². The van der Waals surface area contributed by atoms with E-state index in [4.69, 9.17) is 18.9 Å². The number of carbonyl (C=O) groups excluding carboxylic acids is 1. The smallest absolute Gasteiger partial charge is 0.407 e. The fraction of sp³-hybridized carbons (Fsp3) is 0.929. The molecule has 1 aliphatic heterocycles. The van der Waals surface area contributed by atoms with E-state index in [1.54, 1.807) is 7.11 Å². The van der Waals surface area contributed by atoms with Gasteiger partial charge < -0.3 is 24.3 Å². The van der Waals surface area contributed by atoms with Crippen LogP contribution in [0.5, 0.6) is 0 Å². The number of amides is 1. The highest BCUT2D eigenvalue weighted by Crippen LogP contribution is 2.29. The van der Waals surface area contributed by atoms with Crippen molar-refractivity contribution in [3.05, 3.63) is 0 Å². The van der Waals surface area contributed by atoms with Crippen molar-refractivity contribution in [1.82, 2.24) is 5.32 Å². The number of carbonyl (C=O) groups is 1. The SMILES string of the molecule is COCOC[C@H]1O[C@H]1[C@@H](NC(=O)OC(C)(C)C)C(C)C. The molecule has 6 nitrogen and oxygen atoms in total. The first-order valence-corrected chi connectivity index (χ1v) is 6.96. The summed E-state index contributed by atoms with van der Waals surface area (Å²) >= 11 is 0. The monoisotopic (exact) mass is 289 g/mol. The van der Waals surface area contributed by atoms with Crippen LogP contribution in [0, 0.1) is 5.92 Å². The van der Waals surface area contributed by atoms with E-state index in [0.29, 0.717) is 6.61 Å². The van der Waals surface area contributed by atoms with Crippen LogP contribution in [0.25, 0.3) is 0 Å². The molecule has 20 heavy (non-hydrogen) atoms. The Hall–Kier alpha value is -0.850. The van der Waals surface area contributed by atoms with Crippen molar-refractivity contribution < 1.29 is 23.7 Å². The summed E-state index contributed by atoms with van der Waals surface area (Å²) in [7, 11) is 1.58.